The molecule has 0 spiro atoms. The summed E-state index contributed by atoms with van der Waals surface area (Å²) in [5.74, 6) is -0.310. The van der Waals surface area contributed by atoms with Crippen LogP contribution in [0.1, 0.15) is 46.5 Å². The lowest BCUT2D eigenvalue weighted by Gasteiger charge is -2.39. The normalized spacial score (nSPS) is 23.6. The first-order chi connectivity index (χ1) is 17.7. The molecule has 37 heavy (non-hydrogen) atoms. The van der Waals surface area contributed by atoms with Gasteiger partial charge in [-0.3, -0.25) is 14.4 Å². The number of aliphatic hydroxyl groups is 1. The van der Waals surface area contributed by atoms with Gasteiger partial charge in [-0.25, -0.2) is 0 Å². The number of aliphatic hydroxyl groups excluding tert-OH is 1. The van der Waals surface area contributed by atoms with Crippen LogP contribution in [0.2, 0.25) is 0 Å². The molecule has 2 heterocycles. The molecule has 0 aromatic heterocycles. The Balaban J connectivity index is 1.55. The zero-order valence-electron chi connectivity index (χ0n) is 22.3. The van der Waals surface area contributed by atoms with E-state index in [1.54, 1.807) is 25.9 Å². The van der Waals surface area contributed by atoms with Gasteiger partial charge >= 0.3 is 0 Å². The second-order valence-electron chi connectivity index (χ2n) is 10.9. The zero-order valence-corrected chi connectivity index (χ0v) is 22.3. The predicted molar refractivity (Wildman–Crippen MR) is 140 cm³/mol. The molecule has 1 saturated carbocycles. The number of hydrogen-bond acceptors (Lipinski definition) is 7. The number of carbonyl (C=O) groups is 3. The fraction of sp³-hybridized carbons (Fsp3) is 0.667. The van der Waals surface area contributed by atoms with Crippen molar-refractivity contribution in [2.45, 2.75) is 64.1 Å². The number of benzene rings is 1. The molecule has 3 N–H and O–H groups in total. The number of fused-ring (bicyclic) bond motifs is 1. The number of anilines is 2. The summed E-state index contributed by atoms with van der Waals surface area (Å²) in [7, 11) is 1.60. The maximum absolute atomic E-state index is 13.9. The van der Waals surface area contributed by atoms with E-state index >= 15 is 0 Å². The summed E-state index contributed by atoms with van der Waals surface area (Å²) in [6, 6.07) is 5.54. The number of rotatable bonds is 10. The maximum atomic E-state index is 13.9. The van der Waals surface area contributed by atoms with Gasteiger partial charge in [0, 0.05) is 51.1 Å². The molecule has 3 amide bonds. The number of piperidine rings is 1. The molecule has 1 saturated heterocycles. The quantitative estimate of drug-likeness (QED) is 0.430. The van der Waals surface area contributed by atoms with Crippen molar-refractivity contribution >= 4 is 29.1 Å². The SMILES string of the molecule is COC[C@@H](C)NC(=O)[C@@H]1CNC[C@H](C(=O)N(c2ccc3c(c2)N(CCCO)C(=O)C(C)(C)O3)C2CC2)C1. The van der Waals surface area contributed by atoms with Crippen molar-refractivity contribution < 1.29 is 29.0 Å². The van der Waals surface area contributed by atoms with Gasteiger partial charge in [-0.05, 0) is 64.7 Å². The van der Waals surface area contributed by atoms with Crippen LogP contribution in [0, 0.1) is 11.8 Å². The van der Waals surface area contributed by atoms with E-state index < -0.39 is 5.60 Å². The Morgan fingerprint density at radius 2 is 2.03 bits per heavy atom. The summed E-state index contributed by atoms with van der Waals surface area (Å²) in [6.07, 6.45) is 2.75. The molecule has 0 bridgehead atoms. The zero-order chi connectivity index (χ0) is 26.7. The van der Waals surface area contributed by atoms with E-state index in [4.69, 9.17) is 9.47 Å². The average molecular weight is 517 g/mol. The van der Waals surface area contributed by atoms with Crippen LogP contribution in [0.4, 0.5) is 11.4 Å². The number of methoxy groups -OCH3 is 1. The molecule has 3 aliphatic rings. The summed E-state index contributed by atoms with van der Waals surface area (Å²) >= 11 is 0. The van der Waals surface area contributed by atoms with Crippen molar-refractivity contribution in [2.24, 2.45) is 11.8 Å². The number of nitrogens with one attached hydrogen (secondary N) is 2. The van der Waals surface area contributed by atoms with Crippen LogP contribution in [-0.4, -0.2) is 80.5 Å². The molecule has 10 nitrogen and oxygen atoms in total. The van der Waals surface area contributed by atoms with Crippen LogP contribution < -0.4 is 25.2 Å². The number of ether oxygens (including phenoxy) is 2. The van der Waals surface area contributed by atoms with Crippen molar-refractivity contribution in [3.05, 3.63) is 18.2 Å². The van der Waals surface area contributed by atoms with E-state index in [1.165, 1.54) is 0 Å². The molecule has 2 aliphatic heterocycles. The minimum atomic E-state index is -1.01. The Bertz CT molecular complexity index is 1010. The lowest BCUT2D eigenvalue weighted by Crippen LogP contribution is -2.53. The van der Waals surface area contributed by atoms with Crippen molar-refractivity contribution in [3.8, 4) is 5.75 Å². The van der Waals surface area contributed by atoms with Crippen molar-refractivity contribution in [2.75, 3.05) is 49.8 Å². The third kappa shape index (κ3) is 6.08. The van der Waals surface area contributed by atoms with Gasteiger partial charge in [-0.2, -0.15) is 0 Å². The molecule has 1 aromatic carbocycles. The second kappa shape index (κ2) is 11.4. The molecule has 2 fully saturated rings. The van der Waals surface area contributed by atoms with E-state index in [2.05, 4.69) is 10.6 Å². The third-order valence-electron chi connectivity index (χ3n) is 7.20. The first-order valence-electron chi connectivity index (χ1n) is 13.2. The molecule has 10 heteroatoms. The van der Waals surface area contributed by atoms with Crippen LogP contribution in [0.25, 0.3) is 0 Å². The molecule has 204 valence electrons. The van der Waals surface area contributed by atoms with E-state index in [-0.39, 0.29) is 48.2 Å². The lowest BCUT2D eigenvalue weighted by atomic mass is 9.88. The van der Waals surface area contributed by atoms with Crippen LogP contribution in [-0.2, 0) is 19.1 Å². The smallest absolute Gasteiger partial charge is 0.270 e. The Morgan fingerprint density at radius 1 is 1.30 bits per heavy atom. The highest BCUT2D eigenvalue weighted by Gasteiger charge is 2.43. The number of carbonyl (C=O) groups excluding carboxylic acids is 3. The monoisotopic (exact) mass is 516 g/mol. The van der Waals surface area contributed by atoms with Crippen LogP contribution >= 0.6 is 0 Å². The van der Waals surface area contributed by atoms with E-state index in [0.29, 0.717) is 50.5 Å². The Kier molecular flexibility index (Phi) is 8.40. The molecule has 1 aromatic rings. The summed E-state index contributed by atoms with van der Waals surface area (Å²) in [4.78, 5) is 43.3. The van der Waals surface area contributed by atoms with Gasteiger partial charge in [-0.1, -0.05) is 0 Å². The van der Waals surface area contributed by atoms with Gasteiger partial charge in [0.25, 0.3) is 5.91 Å². The molecular formula is C27H40N4O6. The van der Waals surface area contributed by atoms with Crippen molar-refractivity contribution in [1.82, 2.24) is 10.6 Å². The summed E-state index contributed by atoms with van der Waals surface area (Å²) in [5, 5.41) is 15.6. The Morgan fingerprint density at radius 3 is 2.70 bits per heavy atom. The molecule has 1 aliphatic carbocycles. The van der Waals surface area contributed by atoms with Crippen LogP contribution in [0.3, 0.4) is 0 Å². The Labute approximate surface area is 218 Å². The van der Waals surface area contributed by atoms with Gasteiger partial charge in [0.2, 0.25) is 11.8 Å². The molecule has 0 unspecified atom stereocenters. The van der Waals surface area contributed by atoms with E-state index in [9.17, 15) is 19.5 Å². The molecule has 3 atom stereocenters. The van der Waals surface area contributed by atoms with Crippen molar-refractivity contribution in [3.63, 3.8) is 0 Å². The highest BCUT2D eigenvalue weighted by atomic mass is 16.5. The second-order valence-corrected chi connectivity index (χ2v) is 10.9. The maximum Gasteiger partial charge on any atom is 0.270 e. The van der Waals surface area contributed by atoms with Gasteiger partial charge in [0.05, 0.1) is 24.1 Å². The molecular weight excluding hydrogens is 476 g/mol. The van der Waals surface area contributed by atoms with Gasteiger partial charge < -0.3 is 35.0 Å². The lowest BCUT2D eigenvalue weighted by molar-refractivity contribution is -0.132. The van der Waals surface area contributed by atoms with Crippen molar-refractivity contribution in [1.29, 1.82) is 0 Å². The number of hydrogen-bond donors (Lipinski definition) is 3. The largest absolute Gasteiger partial charge is 0.476 e. The standard InChI is InChI=1S/C27H40N4O6/c1-17(16-36-4)29-24(33)18-12-19(15-28-14-18)25(34)31(20-6-7-20)21-8-9-23-22(13-21)30(10-5-11-32)26(35)27(2,3)37-23/h8-9,13,17-20,28,32H,5-7,10-12,14-16H2,1-4H3,(H,29,33)/t17-,18+,19-/m1/s1. The number of amides is 3. The number of nitrogens with zero attached hydrogens (tertiary/aromatic N) is 2. The minimum Gasteiger partial charge on any atom is -0.476 e. The molecule has 4 rings (SSSR count). The minimum absolute atomic E-state index is 0.0114. The highest BCUT2D eigenvalue weighted by molar-refractivity contribution is 6.04. The Hall–Kier alpha value is -2.69. The topological polar surface area (TPSA) is 120 Å². The highest BCUT2D eigenvalue weighted by Crippen LogP contribution is 2.43. The summed E-state index contributed by atoms with van der Waals surface area (Å²) in [6.45, 7) is 7.18. The van der Waals surface area contributed by atoms with Crippen LogP contribution in [0.5, 0.6) is 5.75 Å². The first kappa shape index (κ1) is 27.3. The average Bonchev–Trinajstić information content (AvgIpc) is 3.70. The predicted octanol–water partition coefficient (Wildman–Crippen LogP) is 1.45. The first-order valence-corrected chi connectivity index (χ1v) is 13.2. The summed E-state index contributed by atoms with van der Waals surface area (Å²) < 4.78 is 11.1. The van der Waals surface area contributed by atoms with Gasteiger partial charge in [0.1, 0.15) is 5.75 Å². The van der Waals surface area contributed by atoms with Gasteiger partial charge in [0.15, 0.2) is 5.60 Å². The third-order valence-corrected chi connectivity index (χ3v) is 7.20. The van der Waals surface area contributed by atoms with E-state index in [1.807, 2.05) is 30.0 Å². The fourth-order valence-electron chi connectivity index (χ4n) is 5.19. The van der Waals surface area contributed by atoms with E-state index in [0.717, 1.165) is 18.5 Å². The van der Waals surface area contributed by atoms with Gasteiger partial charge in [-0.15, -0.1) is 0 Å². The van der Waals surface area contributed by atoms with Crippen LogP contribution in [0.15, 0.2) is 18.2 Å². The molecule has 0 radical (unpaired) electrons. The summed E-state index contributed by atoms with van der Waals surface area (Å²) in [5.41, 5.74) is 0.316. The fourth-order valence-corrected chi connectivity index (χ4v) is 5.19.